The Morgan fingerprint density at radius 1 is 1.16 bits per heavy atom. The summed E-state index contributed by atoms with van der Waals surface area (Å²) < 4.78 is 91.4. The van der Waals surface area contributed by atoms with Crippen molar-refractivity contribution < 1.29 is 40.6 Å². The number of hydrogen-bond donors (Lipinski definition) is 3. The summed E-state index contributed by atoms with van der Waals surface area (Å²) in [7, 11) is -0.501. The summed E-state index contributed by atoms with van der Waals surface area (Å²) in [4.78, 5) is 2.03. The zero-order valence-electron chi connectivity index (χ0n) is 25.3. The van der Waals surface area contributed by atoms with Gasteiger partial charge in [-0.15, -0.1) is 0 Å². The first-order chi connectivity index (χ1) is 21.3. The molecule has 0 bridgehead atoms. The van der Waals surface area contributed by atoms with Crippen molar-refractivity contribution in [3.8, 4) is 17.6 Å². The van der Waals surface area contributed by atoms with Crippen LogP contribution in [0.2, 0.25) is 0 Å². The van der Waals surface area contributed by atoms with Gasteiger partial charge in [-0.05, 0) is 42.7 Å². The minimum absolute atomic E-state index is 0.0385. The Kier molecular flexibility index (Phi) is 11.2. The van der Waals surface area contributed by atoms with E-state index in [4.69, 9.17) is 9.47 Å². The third kappa shape index (κ3) is 9.03. The fourth-order valence-electron chi connectivity index (χ4n) is 5.45. The fraction of sp³-hybridized carbons (Fsp3) is 0.484. The number of ether oxygens (including phenoxy) is 2. The van der Waals surface area contributed by atoms with Gasteiger partial charge in [-0.2, -0.15) is 13.2 Å². The summed E-state index contributed by atoms with van der Waals surface area (Å²) in [6.45, 7) is 0.350. The van der Waals surface area contributed by atoms with Gasteiger partial charge in [0.1, 0.15) is 18.5 Å². The van der Waals surface area contributed by atoms with Crippen molar-refractivity contribution in [3.05, 3.63) is 48.2 Å². The van der Waals surface area contributed by atoms with Gasteiger partial charge in [0.2, 0.25) is 0 Å². The number of methoxy groups -OCH3 is 2. The van der Waals surface area contributed by atoms with Crippen LogP contribution in [0.4, 0.5) is 28.9 Å². The van der Waals surface area contributed by atoms with Crippen LogP contribution in [0, 0.1) is 17.8 Å². The summed E-state index contributed by atoms with van der Waals surface area (Å²) in [6.07, 6.45) is -4.19. The van der Waals surface area contributed by atoms with Crippen molar-refractivity contribution >= 4 is 32.1 Å². The third-order valence-electron chi connectivity index (χ3n) is 7.61. The van der Waals surface area contributed by atoms with Crippen LogP contribution in [0.5, 0.6) is 5.75 Å². The van der Waals surface area contributed by atoms with Crippen LogP contribution in [-0.4, -0.2) is 101 Å². The Bertz CT molecular complexity index is 1630. The molecule has 3 N–H and O–H groups in total. The molecule has 45 heavy (non-hydrogen) atoms. The molecule has 3 atom stereocenters. The molecule has 246 valence electrons. The fourth-order valence-corrected chi connectivity index (χ4v) is 6.08. The zero-order chi connectivity index (χ0) is 32.8. The minimum Gasteiger partial charge on any atom is -0.495 e. The van der Waals surface area contributed by atoms with E-state index in [-0.39, 0.29) is 42.0 Å². The van der Waals surface area contributed by atoms with E-state index >= 15 is 4.39 Å². The molecule has 9 nitrogen and oxygen atoms in total. The lowest BCUT2D eigenvalue weighted by Gasteiger charge is -2.37. The number of aliphatic hydroxyl groups excluding tert-OH is 1. The van der Waals surface area contributed by atoms with Crippen molar-refractivity contribution in [1.29, 1.82) is 0 Å². The number of halogens is 4. The average molecular weight is 655 g/mol. The monoisotopic (exact) mass is 654 g/mol. The highest BCUT2D eigenvalue weighted by molar-refractivity contribution is 7.90. The quantitative estimate of drug-likeness (QED) is 0.198. The molecular weight excluding hydrogens is 616 g/mol. The molecule has 4 rings (SSSR count). The lowest BCUT2D eigenvalue weighted by Crippen LogP contribution is -2.49. The van der Waals surface area contributed by atoms with Gasteiger partial charge in [0.05, 0.1) is 48.1 Å². The molecule has 0 aliphatic carbocycles. The van der Waals surface area contributed by atoms with E-state index in [9.17, 15) is 26.7 Å². The Morgan fingerprint density at radius 2 is 1.93 bits per heavy atom. The zero-order valence-corrected chi connectivity index (χ0v) is 26.1. The standard InChI is InChI=1S/C31H38F4N4O5S/c1-43-19-21(18-40)16-38-13-11-27(25(32)17-38)37-26-7-4-8-29-24(26)14-22(39(29)20-31(33,34)35)6-5-12-36-28-10-9-23(45(3,41)42)15-30(28)44-2/h4,7-10,14-15,21,25,27,36-37,40H,11-13,16-20H2,1-3H3/t21?,25-,27-/m0/s1. The Labute approximate surface area is 260 Å². The molecule has 2 heterocycles. The highest BCUT2D eigenvalue weighted by Gasteiger charge is 2.32. The molecule has 2 aromatic carbocycles. The molecular formula is C31H38F4N4O5S. The van der Waals surface area contributed by atoms with Gasteiger partial charge in [-0.3, -0.25) is 4.90 Å². The first-order valence-corrected chi connectivity index (χ1v) is 16.2. The predicted molar refractivity (Wildman–Crippen MR) is 165 cm³/mol. The largest absolute Gasteiger partial charge is 0.495 e. The normalized spacial score (nSPS) is 18.3. The second-order valence-corrected chi connectivity index (χ2v) is 13.1. The maximum Gasteiger partial charge on any atom is 0.406 e. The van der Waals surface area contributed by atoms with Crippen LogP contribution >= 0.6 is 0 Å². The molecule has 0 radical (unpaired) electrons. The second kappa shape index (κ2) is 14.7. The van der Waals surface area contributed by atoms with Crippen LogP contribution in [0.3, 0.4) is 0 Å². The number of fused-ring (bicyclic) bond motifs is 1. The van der Waals surface area contributed by atoms with Gasteiger partial charge in [-0.25, -0.2) is 12.8 Å². The minimum atomic E-state index is -4.51. The van der Waals surface area contributed by atoms with Crippen molar-refractivity contribution in [2.24, 2.45) is 5.92 Å². The van der Waals surface area contributed by atoms with Crippen molar-refractivity contribution in [1.82, 2.24) is 9.47 Å². The Hall–Kier alpha value is -3.51. The van der Waals surface area contributed by atoms with Crippen LogP contribution in [0.1, 0.15) is 12.1 Å². The van der Waals surface area contributed by atoms with Crippen molar-refractivity contribution in [3.63, 3.8) is 0 Å². The van der Waals surface area contributed by atoms with Gasteiger partial charge >= 0.3 is 6.18 Å². The summed E-state index contributed by atoms with van der Waals surface area (Å²) in [5.41, 5.74) is 1.43. The number of hydrogen-bond acceptors (Lipinski definition) is 8. The van der Waals surface area contributed by atoms with Crippen molar-refractivity contribution in [2.45, 2.75) is 36.3 Å². The number of nitrogens with zero attached hydrogens (tertiary/aromatic N) is 2. The average Bonchev–Trinajstić information content (AvgIpc) is 3.32. The van der Waals surface area contributed by atoms with Crippen LogP contribution < -0.4 is 15.4 Å². The van der Waals surface area contributed by atoms with E-state index in [2.05, 4.69) is 22.5 Å². The maximum absolute atomic E-state index is 15.3. The number of rotatable bonds is 12. The SMILES string of the molecule is COCC(CO)CN1CC[C@H](Nc2cccc3c2cc(C#CCNc2ccc(S(C)(=O)=O)cc2OC)n3CC(F)(F)F)[C@@H](F)C1. The van der Waals surface area contributed by atoms with Gasteiger partial charge < -0.3 is 29.8 Å². The highest BCUT2D eigenvalue weighted by Crippen LogP contribution is 2.32. The van der Waals surface area contributed by atoms with E-state index in [1.807, 2.05) is 4.90 Å². The lowest BCUT2D eigenvalue weighted by atomic mass is 10.0. The molecule has 1 aliphatic rings. The smallest absolute Gasteiger partial charge is 0.406 e. The molecule has 1 saturated heterocycles. The molecule has 0 saturated carbocycles. The van der Waals surface area contributed by atoms with Crippen LogP contribution in [0.15, 0.2) is 47.4 Å². The van der Waals surface area contributed by atoms with E-state index in [0.29, 0.717) is 48.4 Å². The van der Waals surface area contributed by atoms with Gasteiger partial charge in [0, 0.05) is 62.7 Å². The number of aromatic nitrogens is 1. The third-order valence-corrected chi connectivity index (χ3v) is 8.72. The van der Waals surface area contributed by atoms with E-state index in [0.717, 1.165) is 10.8 Å². The highest BCUT2D eigenvalue weighted by atomic mass is 32.2. The number of anilines is 2. The number of piperidine rings is 1. The summed E-state index contributed by atoms with van der Waals surface area (Å²) >= 11 is 0. The number of likely N-dealkylation sites (tertiary alicyclic amines) is 1. The first-order valence-electron chi connectivity index (χ1n) is 14.4. The molecule has 0 spiro atoms. The van der Waals surface area contributed by atoms with E-state index in [1.165, 1.54) is 25.3 Å². The molecule has 1 aliphatic heterocycles. The predicted octanol–water partition coefficient (Wildman–Crippen LogP) is 4.16. The van der Waals surface area contributed by atoms with Crippen LogP contribution in [-0.2, 0) is 21.1 Å². The Balaban J connectivity index is 1.53. The van der Waals surface area contributed by atoms with Gasteiger partial charge in [0.25, 0.3) is 0 Å². The number of aliphatic hydroxyl groups is 1. The lowest BCUT2D eigenvalue weighted by molar-refractivity contribution is -0.140. The number of nitrogens with one attached hydrogen (secondary N) is 2. The van der Waals surface area contributed by atoms with Gasteiger partial charge in [-0.1, -0.05) is 12.0 Å². The van der Waals surface area contributed by atoms with Crippen LogP contribution in [0.25, 0.3) is 10.9 Å². The van der Waals surface area contributed by atoms with Gasteiger partial charge in [0.15, 0.2) is 9.84 Å². The second-order valence-electron chi connectivity index (χ2n) is 11.1. The van der Waals surface area contributed by atoms with E-state index in [1.54, 1.807) is 31.4 Å². The Morgan fingerprint density at radius 3 is 2.58 bits per heavy atom. The first kappa shape index (κ1) is 34.4. The summed E-state index contributed by atoms with van der Waals surface area (Å²) in [6, 6.07) is 10.3. The molecule has 1 fully saturated rings. The number of benzene rings is 2. The number of sulfone groups is 1. The molecule has 1 aromatic heterocycles. The molecule has 14 heteroatoms. The number of alkyl halides is 4. The topological polar surface area (TPSA) is 105 Å². The molecule has 3 aromatic rings. The molecule has 1 unspecified atom stereocenters. The van der Waals surface area contributed by atoms with Crippen molar-refractivity contribution in [2.75, 3.05) is 70.5 Å². The summed E-state index contributed by atoms with van der Waals surface area (Å²) in [5, 5.41) is 16.3. The summed E-state index contributed by atoms with van der Waals surface area (Å²) in [5.74, 6) is 5.82. The molecule has 0 amide bonds. The maximum atomic E-state index is 15.3. The van der Waals surface area contributed by atoms with E-state index < -0.39 is 34.8 Å².